The van der Waals surface area contributed by atoms with E-state index in [0.29, 0.717) is 6.42 Å². The van der Waals surface area contributed by atoms with Crippen LogP contribution in [0.5, 0.6) is 0 Å². The molecule has 0 heterocycles. The first-order chi connectivity index (χ1) is 12.9. The van der Waals surface area contributed by atoms with Crippen LogP contribution in [0, 0.1) is 0 Å². The lowest BCUT2D eigenvalue weighted by atomic mass is 10.0. The van der Waals surface area contributed by atoms with Gasteiger partial charge in [0.2, 0.25) is 0 Å². The average molecular weight is 407 g/mol. The SMILES string of the molecule is CCCCCCCCCCCCCCCCCCCC(C(=O)O)S(=O)(=O)O. The molecule has 0 saturated carbocycles. The Kier molecular flexibility index (Phi) is 17.1. The number of carboxylic acid groups (broad SMARTS) is 1. The van der Waals surface area contributed by atoms with Crippen molar-refractivity contribution in [3.05, 3.63) is 0 Å². The minimum atomic E-state index is -4.49. The number of hydrogen-bond donors (Lipinski definition) is 2. The molecule has 5 nitrogen and oxygen atoms in total. The summed E-state index contributed by atoms with van der Waals surface area (Å²) in [4.78, 5) is 10.8. The summed E-state index contributed by atoms with van der Waals surface area (Å²) >= 11 is 0. The number of hydrogen-bond acceptors (Lipinski definition) is 3. The Morgan fingerprint density at radius 3 is 1.22 bits per heavy atom. The zero-order chi connectivity index (χ0) is 20.4. The Hall–Kier alpha value is -0.620. The van der Waals surface area contributed by atoms with E-state index in [9.17, 15) is 13.2 Å². The van der Waals surface area contributed by atoms with Gasteiger partial charge in [0.1, 0.15) is 0 Å². The Balaban J connectivity index is 3.31. The second-order valence-electron chi connectivity index (χ2n) is 7.79. The highest BCUT2D eigenvalue weighted by Gasteiger charge is 2.29. The van der Waals surface area contributed by atoms with Crippen LogP contribution in [-0.4, -0.2) is 29.3 Å². The average Bonchev–Trinajstić information content (AvgIpc) is 2.59. The predicted molar refractivity (Wildman–Crippen MR) is 112 cm³/mol. The van der Waals surface area contributed by atoms with Crippen molar-refractivity contribution in [1.82, 2.24) is 0 Å². The largest absolute Gasteiger partial charge is 0.480 e. The molecule has 0 fully saturated rings. The zero-order valence-electron chi connectivity index (χ0n) is 17.3. The molecule has 162 valence electrons. The number of carbonyl (C=O) groups is 1. The number of unbranched alkanes of at least 4 members (excludes halogenated alkanes) is 16. The van der Waals surface area contributed by atoms with E-state index in [1.54, 1.807) is 0 Å². The minimum Gasteiger partial charge on any atom is -0.480 e. The van der Waals surface area contributed by atoms with Crippen molar-refractivity contribution in [2.24, 2.45) is 0 Å². The number of aliphatic carboxylic acids is 1. The van der Waals surface area contributed by atoms with Gasteiger partial charge < -0.3 is 5.11 Å². The van der Waals surface area contributed by atoms with Gasteiger partial charge in [0.05, 0.1) is 0 Å². The summed E-state index contributed by atoms with van der Waals surface area (Å²) in [6, 6.07) is 0. The highest BCUT2D eigenvalue weighted by molar-refractivity contribution is 7.87. The fraction of sp³-hybridized carbons (Fsp3) is 0.952. The molecular formula is C21H42O5S. The van der Waals surface area contributed by atoms with E-state index in [1.165, 1.54) is 83.5 Å². The molecule has 0 amide bonds. The van der Waals surface area contributed by atoms with Gasteiger partial charge in [-0.2, -0.15) is 8.42 Å². The van der Waals surface area contributed by atoms with E-state index in [4.69, 9.17) is 9.66 Å². The molecule has 0 spiro atoms. The van der Waals surface area contributed by atoms with Crippen LogP contribution in [0.4, 0.5) is 0 Å². The van der Waals surface area contributed by atoms with Crippen molar-refractivity contribution in [1.29, 1.82) is 0 Å². The zero-order valence-corrected chi connectivity index (χ0v) is 18.1. The Morgan fingerprint density at radius 2 is 0.963 bits per heavy atom. The lowest BCUT2D eigenvalue weighted by Gasteiger charge is -2.08. The fourth-order valence-corrected chi connectivity index (χ4v) is 4.17. The molecule has 0 aliphatic rings. The molecule has 0 aromatic rings. The van der Waals surface area contributed by atoms with Gasteiger partial charge in [0, 0.05) is 0 Å². The highest BCUT2D eigenvalue weighted by Crippen LogP contribution is 2.15. The van der Waals surface area contributed by atoms with Crippen LogP contribution in [0.25, 0.3) is 0 Å². The number of carboxylic acids is 1. The monoisotopic (exact) mass is 406 g/mol. The Bertz CT molecular complexity index is 447. The first kappa shape index (κ1) is 26.4. The van der Waals surface area contributed by atoms with E-state index in [2.05, 4.69) is 6.92 Å². The lowest BCUT2D eigenvalue weighted by Crippen LogP contribution is -2.29. The summed E-state index contributed by atoms with van der Waals surface area (Å²) in [7, 11) is -4.49. The summed E-state index contributed by atoms with van der Waals surface area (Å²) < 4.78 is 30.8. The quantitative estimate of drug-likeness (QED) is 0.181. The second kappa shape index (κ2) is 17.5. The molecule has 0 aromatic heterocycles. The third-order valence-electron chi connectivity index (χ3n) is 5.20. The van der Waals surface area contributed by atoms with Crippen molar-refractivity contribution in [2.45, 2.75) is 128 Å². The molecule has 6 heteroatoms. The van der Waals surface area contributed by atoms with Crippen LogP contribution in [0.1, 0.15) is 122 Å². The van der Waals surface area contributed by atoms with Crippen molar-refractivity contribution in [3.8, 4) is 0 Å². The summed E-state index contributed by atoms with van der Waals surface area (Å²) in [5.74, 6) is -1.46. The fourth-order valence-electron chi connectivity index (χ4n) is 3.45. The molecule has 0 aliphatic carbocycles. The highest BCUT2D eigenvalue weighted by atomic mass is 32.2. The van der Waals surface area contributed by atoms with Crippen LogP contribution in [0.3, 0.4) is 0 Å². The molecule has 27 heavy (non-hydrogen) atoms. The number of rotatable bonds is 20. The van der Waals surface area contributed by atoms with E-state index in [0.717, 1.165) is 19.3 Å². The summed E-state index contributed by atoms with van der Waals surface area (Å²) in [6.45, 7) is 2.25. The molecule has 0 saturated heterocycles. The molecule has 1 atom stereocenters. The van der Waals surface area contributed by atoms with Gasteiger partial charge in [0.15, 0.2) is 5.25 Å². The van der Waals surface area contributed by atoms with Crippen LogP contribution in [-0.2, 0) is 14.9 Å². The van der Waals surface area contributed by atoms with E-state index >= 15 is 0 Å². The van der Waals surface area contributed by atoms with Gasteiger partial charge in [-0.1, -0.05) is 116 Å². The summed E-state index contributed by atoms with van der Waals surface area (Å²) in [5.41, 5.74) is 0. The molecule has 0 aliphatic heterocycles. The third kappa shape index (κ3) is 17.2. The van der Waals surface area contributed by atoms with Gasteiger partial charge in [-0.3, -0.25) is 9.35 Å². The van der Waals surface area contributed by atoms with Gasteiger partial charge >= 0.3 is 5.97 Å². The summed E-state index contributed by atoms with van der Waals surface area (Å²) in [6.07, 6.45) is 20.9. The van der Waals surface area contributed by atoms with Gasteiger partial charge in [0.25, 0.3) is 10.1 Å². The third-order valence-corrected chi connectivity index (χ3v) is 6.36. The predicted octanol–water partition coefficient (Wildman–Crippen LogP) is 6.37. The Morgan fingerprint density at radius 1 is 0.667 bits per heavy atom. The molecule has 1 unspecified atom stereocenters. The van der Waals surface area contributed by atoms with Crippen molar-refractivity contribution in [2.75, 3.05) is 0 Å². The van der Waals surface area contributed by atoms with E-state index in [1.807, 2.05) is 0 Å². The lowest BCUT2D eigenvalue weighted by molar-refractivity contribution is -0.136. The van der Waals surface area contributed by atoms with Crippen LogP contribution in [0.2, 0.25) is 0 Å². The first-order valence-corrected chi connectivity index (χ1v) is 12.6. The maximum atomic E-state index is 11.0. The second-order valence-corrected chi connectivity index (χ2v) is 9.39. The van der Waals surface area contributed by atoms with Crippen LogP contribution in [0.15, 0.2) is 0 Å². The molecule has 0 bridgehead atoms. The smallest absolute Gasteiger partial charge is 0.324 e. The summed E-state index contributed by atoms with van der Waals surface area (Å²) in [5, 5.41) is 7.13. The van der Waals surface area contributed by atoms with Gasteiger partial charge in [-0.15, -0.1) is 0 Å². The van der Waals surface area contributed by atoms with Crippen molar-refractivity contribution >= 4 is 16.1 Å². The van der Waals surface area contributed by atoms with E-state index < -0.39 is 21.3 Å². The normalized spacial score (nSPS) is 13.0. The molecular weight excluding hydrogens is 364 g/mol. The van der Waals surface area contributed by atoms with Crippen LogP contribution < -0.4 is 0 Å². The van der Waals surface area contributed by atoms with E-state index in [-0.39, 0.29) is 6.42 Å². The van der Waals surface area contributed by atoms with Gasteiger partial charge in [-0.25, -0.2) is 0 Å². The maximum Gasteiger partial charge on any atom is 0.324 e. The maximum absolute atomic E-state index is 11.0. The van der Waals surface area contributed by atoms with Crippen LogP contribution >= 0.6 is 0 Å². The van der Waals surface area contributed by atoms with Gasteiger partial charge in [-0.05, 0) is 6.42 Å². The standard InChI is InChI=1S/C21H42O5S/c1-2-3-4-5-6-7-8-9-10-11-12-13-14-15-16-17-18-19-20(21(22)23)27(24,25)26/h20H,2-19H2,1H3,(H,22,23)(H,24,25,26). The first-order valence-electron chi connectivity index (χ1n) is 11.1. The molecule has 0 aromatic carbocycles. The molecule has 0 radical (unpaired) electrons. The van der Waals surface area contributed by atoms with Crippen molar-refractivity contribution < 1.29 is 22.9 Å². The Labute approximate surface area is 167 Å². The molecule has 2 N–H and O–H groups in total. The minimum absolute atomic E-state index is 0.00717. The van der Waals surface area contributed by atoms with Crippen molar-refractivity contribution in [3.63, 3.8) is 0 Å². The topological polar surface area (TPSA) is 91.7 Å². The molecule has 0 rings (SSSR count).